The van der Waals surface area contributed by atoms with E-state index in [9.17, 15) is 8.42 Å². The molecule has 1 atom stereocenters. The molecule has 2 N–H and O–H groups in total. The molecule has 0 saturated carbocycles. The average molecular weight is 411 g/mol. The van der Waals surface area contributed by atoms with Crippen LogP contribution in [0, 0.1) is 17.2 Å². The summed E-state index contributed by atoms with van der Waals surface area (Å²) in [5.41, 5.74) is 6.09. The van der Waals surface area contributed by atoms with Crippen molar-refractivity contribution in [3.8, 4) is 6.07 Å². The van der Waals surface area contributed by atoms with Gasteiger partial charge >= 0.3 is 0 Å². The number of nitrogens with two attached hydrogens (primary N) is 1. The molecule has 0 aliphatic rings. The van der Waals surface area contributed by atoms with Gasteiger partial charge in [-0.1, -0.05) is 0 Å². The van der Waals surface area contributed by atoms with Gasteiger partial charge in [-0.15, -0.1) is 0 Å². The van der Waals surface area contributed by atoms with Crippen LogP contribution >= 0.6 is 31.9 Å². The number of hydrogen-bond acceptors (Lipinski definition) is 4. The molecule has 0 heterocycles. The van der Waals surface area contributed by atoms with Gasteiger partial charge < -0.3 is 5.73 Å². The van der Waals surface area contributed by atoms with Gasteiger partial charge in [0.2, 0.25) is 10.0 Å². The van der Waals surface area contributed by atoms with Gasteiger partial charge in [0.15, 0.2) is 0 Å². The Bertz CT molecular complexity index is 602. The normalized spacial score (nSPS) is 13.3. The van der Waals surface area contributed by atoms with E-state index in [1.165, 1.54) is 19.2 Å². The van der Waals surface area contributed by atoms with Crippen molar-refractivity contribution < 1.29 is 8.42 Å². The standard InChI is InChI=1S/C11H13Br2N3O2S/c1-7(5-14)6-16(2)19(17,18)11-9(12)3-8(15)4-10(11)13/h3-4,7H,6,15H2,1-2H3. The van der Waals surface area contributed by atoms with E-state index in [2.05, 4.69) is 31.9 Å². The fourth-order valence-electron chi connectivity index (χ4n) is 1.51. The molecule has 1 unspecified atom stereocenters. The summed E-state index contributed by atoms with van der Waals surface area (Å²) in [6, 6.07) is 5.06. The van der Waals surface area contributed by atoms with Crippen LogP contribution in [0.5, 0.6) is 0 Å². The van der Waals surface area contributed by atoms with Crippen LogP contribution in [0.3, 0.4) is 0 Å². The summed E-state index contributed by atoms with van der Waals surface area (Å²) in [4.78, 5) is 0.106. The Morgan fingerprint density at radius 1 is 1.42 bits per heavy atom. The lowest BCUT2D eigenvalue weighted by Crippen LogP contribution is -2.31. The van der Waals surface area contributed by atoms with Gasteiger partial charge in [-0.05, 0) is 50.9 Å². The van der Waals surface area contributed by atoms with Crippen molar-refractivity contribution in [2.75, 3.05) is 19.3 Å². The maximum Gasteiger partial charge on any atom is 0.245 e. The lowest BCUT2D eigenvalue weighted by Gasteiger charge is -2.20. The van der Waals surface area contributed by atoms with E-state index in [-0.39, 0.29) is 17.4 Å². The Hall–Kier alpha value is -0.620. The molecule has 8 heteroatoms. The van der Waals surface area contributed by atoms with Crippen molar-refractivity contribution in [3.05, 3.63) is 21.1 Å². The van der Waals surface area contributed by atoms with Crippen LogP contribution in [0.15, 0.2) is 26.0 Å². The summed E-state index contributed by atoms with van der Waals surface area (Å²) >= 11 is 6.41. The van der Waals surface area contributed by atoms with Crippen molar-refractivity contribution >= 4 is 47.6 Å². The van der Waals surface area contributed by atoms with Crippen molar-refractivity contribution in [2.45, 2.75) is 11.8 Å². The zero-order valence-corrected chi connectivity index (χ0v) is 14.4. The van der Waals surface area contributed by atoms with Crippen LogP contribution in [-0.2, 0) is 10.0 Å². The Kier molecular flexibility index (Phi) is 5.38. The molecule has 0 aliphatic heterocycles. The molecule has 0 amide bonds. The molecule has 1 aromatic carbocycles. The van der Waals surface area contributed by atoms with Crippen LogP contribution in [0.25, 0.3) is 0 Å². The van der Waals surface area contributed by atoms with Crippen LogP contribution in [0.4, 0.5) is 5.69 Å². The number of rotatable bonds is 4. The number of sulfonamides is 1. The topological polar surface area (TPSA) is 87.2 Å². The van der Waals surface area contributed by atoms with Crippen LogP contribution < -0.4 is 5.73 Å². The number of nitrogen functional groups attached to an aromatic ring is 1. The first-order chi connectivity index (χ1) is 8.70. The van der Waals surface area contributed by atoms with Crippen molar-refractivity contribution in [3.63, 3.8) is 0 Å². The van der Waals surface area contributed by atoms with Gasteiger partial charge in [0.1, 0.15) is 4.90 Å². The fourth-order valence-corrected chi connectivity index (χ4v) is 5.30. The van der Waals surface area contributed by atoms with Gasteiger partial charge in [-0.2, -0.15) is 9.57 Å². The number of halogens is 2. The van der Waals surface area contributed by atoms with E-state index in [1.807, 2.05) is 6.07 Å². The summed E-state index contributed by atoms with van der Waals surface area (Å²) in [5, 5.41) is 8.76. The van der Waals surface area contributed by atoms with E-state index in [0.717, 1.165) is 4.31 Å². The second-order valence-electron chi connectivity index (χ2n) is 4.13. The zero-order valence-electron chi connectivity index (χ0n) is 10.4. The van der Waals surface area contributed by atoms with Crippen molar-refractivity contribution in [2.24, 2.45) is 5.92 Å². The molecule has 0 aromatic heterocycles. The summed E-state index contributed by atoms with van der Waals surface area (Å²) in [6.45, 7) is 1.79. The van der Waals surface area contributed by atoms with Crippen LogP contribution in [0.1, 0.15) is 6.92 Å². The Balaban J connectivity index is 3.25. The Morgan fingerprint density at radius 2 is 1.89 bits per heavy atom. The summed E-state index contributed by atoms with van der Waals surface area (Å²) in [5.74, 6) is -0.383. The minimum atomic E-state index is -3.69. The number of nitrogens with zero attached hydrogens (tertiary/aromatic N) is 2. The molecule has 1 rings (SSSR count). The van der Waals surface area contributed by atoms with Crippen LogP contribution in [-0.4, -0.2) is 26.3 Å². The van der Waals surface area contributed by atoms with E-state index in [0.29, 0.717) is 14.6 Å². The molecule has 0 fully saturated rings. The van der Waals surface area contributed by atoms with E-state index in [1.54, 1.807) is 6.92 Å². The molecule has 0 aliphatic carbocycles. The first-order valence-corrected chi connectivity index (χ1v) is 8.33. The predicted octanol–water partition coefficient (Wildman–Crippen LogP) is 2.57. The third-order valence-electron chi connectivity index (χ3n) is 2.44. The predicted molar refractivity (Wildman–Crippen MR) is 80.8 cm³/mol. The lowest BCUT2D eigenvalue weighted by molar-refractivity contribution is 0.438. The fraction of sp³-hybridized carbons (Fsp3) is 0.364. The van der Waals surface area contributed by atoms with Crippen LogP contribution in [0.2, 0.25) is 0 Å². The highest BCUT2D eigenvalue weighted by molar-refractivity contribution is 9.11. The number of nitriles is 1. The average Bonchev–Trinajstić information content (AvgIpc) is 2.26. The monoisotopic (exact) mass is 409 g/mol. The second kappa shape index (κ2) is 6.22. The van der Waals surface area contributed by atoms with Gasteiger partial charge in [0.25, 0.3) is 0 Å². The molecule has 5 nitrogen and oxygen atoms in total. The van der Waals surface area contributed by atoms with Gasteiger partial charge in [0.05, 0.1) is 12.0 Å². The van der Waals surface area contributed by atoms with Crippen molar-refractivity contribution in [1.29, 1.82) is 5.26 Å². The Morgan fingerprint density at radius 3 is 2.32 bits per heavy atom. The van der Waals surface area contributed by atoms with E-state index in [4.69, 9.17) is 11.0 Å². The molecule has 0 spiro atoms. The molecule has 0 bridgehead atoms. The first-order valence-electron chi connectivity index (χ1n) is 5.30. The molecular formula is C11H13Br2N3O2S. The number of benzene rings is 1. The minimum Gasteiger partial charge on any atom is -0.399 e. The first kappa shape index (κ1) is 16.4. The zero-order chi connectivity index (χ0) is 14.8. The second-order valence-corrected chi connectivity index (χ2v) is 7.82. The SMILES string of the molecule is CC(C#N)CN(C)S(=O)(=O)c1c(Br)cc(N)cc1Br. The van der Waals surface area contributed by atoms with Crippen molar-refractivity contribution in [1.82, 2.24) is 4.31 Å². The number of hydrogen-bond donors (Lipinski definition) is 1. The molecule has 1 aromatic rings. The summed E-state index contributed by atoms with van der Waals surface area (Å²) in [7, 11) is -2.25. The van der Waals surface area contributed by atoms with Gasteiger partial charge in [-0.3, -0.25) is 0 Å². The highest BCUT2D eigenvalue weighted by Gasteiger charge is 2.27. The highest BCUT2D eigenvalue weighted by Crippen LogP contribution is 2.34. The van der Waals surface area contributed by atoms with Gasteiger partial charge in [0, 0.05) is 28.2 Å². The third-order valence-corrected chi connectivity index (χ3v) is 6.14. The van der Waals surface area contributed by atoms with E-state index < -0.39 is 10.0 Å². The molecule has 19 heavy (non-hydrogen) atoms. The van der Waals surface area contributed by atoms with Gasteiger partial charge in [-0.25, -0.2) is 8.42 Å². The number of anilines is 1. The maximum atomic E-state index is 12.5. The van der Waals surface area contributed by atoms with E-state index >= 15 is 0 Å². The molecule has 104 valence electrons. The largest absolute Gasteiger partial charge is 0.399 e. The smallest absolute Gasteiger partial charge is 0.245 e. The molecular weight excluding hydrogens is 398 g/mol. The third kappa shape index (κ3) is 3.69. The summed E-state index contributed by atoms with van der Waals surface area (Å²) in [6.07, 6.45) is 0. The molecule has 0 radical (unpaired) electrons. The maximum absolute atomic E-state index is 12.5. The summed E-state index contributed by atoms with van der Waals surface area (Å²) < 4.78 is 26.8. The highest BCUT2D eigenvalue weighted by atomic mass is 79.9. The molecule has 0 saturated heterocycles. The quantitative estimate of drug-likeness (QED) is 0.772. The Labute approximate surface area is 129 Å². The minimum absolute atomic E-state index is 0.106. The lowest BCUT2D eigenvalue weighted by atomic mass is 10.2.